The largest absolute Gasteiger partial charge is 0.493 e. The summed E-state index contributed by atoms with van der Waals surface area (Å²) in [5, 5.41) is 2.73. The molecule has 5 nitrogen and oxygen atoms in total. The SMILES string of the molecule is COc1cc(CNC(=O)OC(C)(C)C)cc(Br)c1OCc1ccccc1. The van der Waals surface area contributed by atoms with E-state index in [2.05, 4.69) is 21.2 Å². The molecule has 0 spiro atoms. The van der Waals surface area contributed by atoms with Crippen molar-refractivity contribution in [3.63, 3.8) is 0 Å². The van der Waals surface area contributed by atoms with Crippen LogP contribution in [0.2, 0.25) is 0 Å². The molecule has 0 radical (unpaired) electrons. The number of methoxy groups -OCH3 is 1. The third kappa shape index (κ3) is 6.26. The summed E-state index contributed by atoms with van der Waals surface area (Å²) in [6.45, 7) is 6.23. The lowest BCUT2D eigenvalue weighted by molar-refractivity contribution is 0.0523. The maximum absolute atomic E-state index is 11.8. The van der Waals surface area contributed by atoms with Crippen LogP contribution in [0.4, 0.5) is 4.79 Å². The maximum atomic E-state index is 11.8. The molecular weight excluding hydrogens is 398 g/mol. The first kappa shape index (κ1) is 20.1. The van der Waals surface area contributed by atoms with Crippen molar-refractivity contribution in [2.45, 2.75) is 39.5 Å². The van der Waals surface area contributed by atoms with Gasteiger partial charge in [-0.05, 0) is 60.0 Å². The third-order valence-corrected chi connectivity index (χ3v) is 3.94. The Bertz CT molecular complexity index is 741. The van der Waals surface area contributed by atoms with Crippen molar-refractivity contribution in [3.8, 4) is 11.5 Å². The Labute approximate surface area is 162 Å². The van der Waals surface area contributed by atoms with Gasteiger partial charge in [-0.15, -0.1) is 0 Å². The van der Waals surface area contributed by atoms with Crippen molar-refractivity contribution in [3.05, 3.63) is 58.1 Å². The highest BCUT2D eigenvalue weighted by Gasteiger charge is 2.17. The van der Waals surface area contributed by atoms with Gasteiger partial charge in [0.15, 0.2) is 11.5 Å². The molecule has 26 heavy (non-hydrogen) atoms. The van der Waals surface area contributed by atoms with Gasteiger partial charge >= 0.3 is 6.09 Å². The molecule has 2 aromatic rings. The Morgan fingerprint density at radius 3 is 2.42 bits per heavy atom. The maximum Gasteiger partial charge on any atom is 0.407 e. The van der Waals surface area contributed by atoms with Gasteiger partial charge in [-0.1, -0.05) is 30.3 Å². The molecule has 0 fully saturated rings. The quantitative estimate of drug-likeness (QED) is 0.707. The molecule has 6 heteroatoms. The van der Waals surface area contributed by atoms with Gasteiger partial charge in [0.05, 0.1) is 11.6 Å². The molecule has 0 aromatic heterocycles. The smallest absolute Gasteiger partial charge is 0.407 e. The molecule has 0 aliphatic heterocycles. The van der Waals surface area contributed by atoms with Gasteiger partial charge in [-0.25, -0.2) is 4.79 Å². The highest BCUT2D eigenvalue weighted by atomic mass is 79.9. The highest BCUT2D eigenvalue weighted by Crippen LogP contribution is 2.37. The number of halogens is 1. The monoisotopic (exact) mass is 421 g/mol. The number of alkyl carbamates (subject to hydrolysis) is 1. The van der Waals surface area contributed by atoms with Crippen molar-refractivity contribution in [1.29, 1.82) is 0 Å². The molecule has 140 valence electrons. The molecule has 0 atom stereocenters. The summed E-state index contributed by atoms with van der Waals surface area (Å²) in [5.74, 6) is 1.22. The van der Waals surface area contributed by atoms with Crippen LogP contribution >= 0.6 is 15.9 Å². The molecule has 1 amide bonds. The number of ether oxygens (including phenoxy) is 3. The lowest BCUT2D eigenvalue weighted by Gasteiger charge is -2.20. The summed E-state index contributed by atoms with van der Waals surface area (Å²) in [6, 6.07) is 13.6. The summed E-state index contributed by atoms with van der Waals surface area (Å²) in [5.41, 5.74) is 1.40. The molecule has 0 bridgehead atoms. The fraction of sp³-hybridized carbons (Fsp3) is 0.350. The number of nitrogens with one attached hydrogen (secondary N) is 1. The van der Waals surface area contributed by atoms with E-state index < -0.39 is 11.7 Å². The van der Waals surface area contributed by atoms with Crippen molar-refractivity contribution in [2.24, 2.45) is 0 Å². The highest BCUT2D eigenvalue weighted by molar-refractivity contribution is 9.10. The third-order valence-electron chi connectivity index (χ3n) is 3.35. The van der Waals surface area contributed by atoms with Crippen molar-refractivity contribution in [2.75, 3.05) is 7.11 Å². The van der Waals surface area contributed by atoms with Crippen molar-refractivity contribution in [1.82, 2.24) is 5.32 Å². The van der Waals surface area contributed by atoms with Crippen LogP contribution in [-0.2, 0) is 17.9 Å². The zero-order valence-corrected chi connectivity index (χ0v) is 17.1. The Morgan fingerprint density at radius 1 is 1.12 bits per heavy atom. The summed E-state index contributed by atoms with van der Waals surface area (Å²) >= 11 is 3.52. The second-order valence-electron chi connectivity index (χ2n) is 6.74. The molecule has 2 aromatic carbocycles. The van der Waals surface area contributed by atoms with Crippen LogP contribution in [0.15, 0.2) is 46.9 Å². The second-order valence-corrected chi connectivity index (χ2v) is 7.59. The number of benzene rings is 2. The van der Waals surface area contributed by atoms with E-state index >= 15 is 0 Å². The zero-order valence-electron chi connectivity index (χ0n) is 15.5. The fourth-order valence-corrected chi connectivity index (χ4v) is 2.84. The molecule has 0 saturated heterocycles. The minimum absolute atomic E-state index is 0.322. The van der Waals surface area contributed by atoms with E-state index in [1.807, 2.05) is 63.2 Å². The van der Waals surface area contributed by atoms with Gasteiger partial charge in [0.2, 0.25) is 0 Å². The number of carbonyl (C=O) groups is 1. The Kier molecular flexibility index (Phi) is 6.91. The lowest BCUT2D eigenvalue weighted by atomic mass is 10.2. The number of hydrogen-bond donors (Lipinski definition) is 1. The van der Waals surface area contributed by atoms with Crippen molar-refractivity contribution >= 4 is 22.0 Å². The minimum Gasteiger partial charge on any atom is -0.493 e. The van der Waals surface area contributed by atoms with Gasteiger partial charge in [0, 0.05) is 6.54 Å². The van der Waals surface area contributed by atoms with Gasteiger partial charge in [0.1, 0.15) is 12.2 Å². The molecule has 2 rings (SSSR count). The first-order valence-electron chi connectivity index (χ1n) is 8.28. The summed E-state index contributed by atoms with van der Waals surface area (Å²) in [6.07, 6.45) is -0.461. The van der Waals surface area contributed by atoms with E-state index in [1.165, 1.54) is 0 Å². The van der Waals surface area contributed by atoms with Gasteiger partial charge < -0.3 is 19.5 Å². The predicted molar refractivity (Wildman–Crippen MR) is 105 cm³/mol. The molecule has 0 unspecified atom stereocenters. The molecule has 0 aliphatic carbocycles. The van der Waals surface area contributed by atoms with E-state index in [0.717, 1.165) is 15.6 Å². The molecular formula is C20H24BrNO4. The lowest BCUT2D eigenvalue weighted by Crippen LogP contribution is -2.32. The second kappa shape index (κ2) is 8.94. The first-order chi connectivity index (χ1) is 12.3. The van der Waals surface area contributed by atoms with Crippen LogP contribution in [0.1, 0.15) is 31.9 Å². The standard InChI is InChI=1S/C20H24BrNO4/c1-20(2,3)26-19(23)22-12-15-10-16(21)18(17(11-15)24-4)25-13-14-8-6-5-7-9-14/h5-11H,12-13H2,1-4H3,(H,22,23). The molecule has 1 N–H and O–H groups in total. The van der Waals surface area contributed by atoms with E-state index in [-0.39, 0.29) is 0 Å². The number of amides is 1. The Balaban J connectivity index is 2.05. The van der Waals surface area contributed by atoms with E-state index in [4.69, 9.17) is 14.2 Å². The van der Waals surface area contributed by atoms with Crippen LogP contribution in [0.5, 0.6) is 11.5 Å². The number of carbonyl (C=O) groups excluding carboxylic acids is 1. The minimum atomic E-state index is -0.530. The zero-order chi connectivity index (χ0) is 19.2. The van der Waals surface area contributed by atoms with Crippen LogP contribution in [0, 0.1) is 0 Å². The van der Waals surface area contributed by atoms with Crippen LogP contribution < -0.4 is 14.8 Å². The first-order valence-corrected chi connectivity index (χ1v) is 9.08. The van der Waals surface area contributed by atoms with Crippen molar-refractivity contribution < 1.29 is 19.0 Å². The summed E-state index contributed by atoms with van der Waals surface area (Å²) < 4.78 is 17.3. The summed E-state index contributed by atoms with van der Waals surface area (Å²) in [7, 11) is 1.59. The van der Waals surface area contributed by atoms with E-state index in [1.54, 1.807) is 7.11 Å². The average molecular weight is 422 g/mol. The normalized spacial score (nSPS) is 11.0. The average Bonchev–Trinajstić information content (AvgIpc) is 2.58. The number of rotatable bonds is 6. The Hall–Kier alpha value is -2.21. The summed E-state index contributed by atoms with van der Waals surface area (Å²) in [4.78, 5) is 11.8. The molecule has 0 heterocycles. The fourth-order valence-electron chi connectivity index (χ4n) is 2.23. The predicted octanol–water partition coefficient (Wildman–Crippen LogP) is 5.06. The number of hydrogen-bond acceptors (Lipinski definition) is 4. The Morgan fingerprint density at radius 2 is 1.81 bits per heavy atom. The van der Waals surface area contributed by atoms with Crippen LogP contribution in [0.3, 0.4) is 0 Å². The van der Waals surface area contributed by atoms with E-state index in [9.17, 15) is 4.79 Å². The van der Waals surface area contributed by atoms with Gasteiger partial charge in [-0.3, -0.25) is 0 Å². The molecule has 0 aliphatic rings. The molecule has 0 saturated carbocycles. The van der Waals surface area contributed by atoms with Crippen LogP contribution in [0.25, 0.3) is 0 Å². The van der Waals surface area contributed by atoms with Crippen LogP contribution in [-0.4, -0.2) is 18.8 Å². The van der Waals surface area contributed by atoms with E-state index in [0.29, 0.717) is 24.7 Å². The van der Waals surface area contributed by atoms with Gasteiger partial charge in [0.25, 0.3) is 0 Å². The van der Waals surface area contributed by atoms with Gasteiger partial charge in [-0.2, -0.15) is 0 Å². The topological polar surface area (TPSA) is 56.8 Å².